The number of nitrogens with one attached hydrogen (secondary N) is 1. The molecule has 1 amide bonds. The Morgan fingerprint density at radius 3 is 2.52 bits per heavy atom. The number of aryl methyl sites for hydroxylation is 1. The van der Waals surface area contributed by atoms with Crippen molar-refractivity contribution >= 4 is 16.8 Å². The second-order valence-corrected chi connectivity index (χ2v) is 7.72. The number of carbonyl (C=O) groups is 1. The van der Waals surface area contributed by atoms with Gasteiger partial charge in [0.15, 0.2) is 11.5 Å². The first-order valence-electron chi connectivity index (χ1n) is 10.1. The smallest absolute Gasteiger partial charge is 0.254 e. The summed E-state index contributed by atoms with van der Waals surface area (Å²) in [5.41, 5.74) is 3.99. The van der Waals surface area contributed by atoms with Crippen molar-refractivity contribution < 1.29 is 19.0 Å². The minimum absolute atomic E-state index is 0.0518. The molecule has 1 aromatic heterocycles. The lowest BCUT2D eigenvalue weighted by Gasteiger charge is -2.37. The van der Waals surface area contributed by atoms with Gasteiger partial charge in [-0.1, -0.05) is 12.1 Å². The standard InChI is InChI=1S/C24H26N2O5/c1-14-5-6-16-10-18(24(28)25-19(16)9-14)23-17-12-21(31-4)20(30-3)11-15(17)7-8-26(23)22(27)13-29-2/h5-6,9-12,23H,7-8,13H2,1-4H3,(H,25,28)/t23-/m0/s1. The molecule has 3 aromatic rings. The van der Waals surface area contributed by atoms with Crippen molar-refractivity contribution in [1.82, 2.24) is 9.88 Å². The number of fused-ring (bicyclic) bond motifs is 2. The number of ether oxygens (including phenoxy) is 3. The van der Waals surface area contributed by atoms with Gasteiger partial charge in [-0.2, -0.15) is 0 Å². The molecule has 0 saturated heterocycles. The van der Waals surface area contributed by atoms with Crippen LogP contribution in [0.1, 0.15) is 28.3 Å². The molecule has 162 valence electrons. The number of nitrogens with zero attached hydrogens (tertiary/aromatic N) is 1. The maximum absolute atomic E-state index is 13.2. The Morgan fingerprint density at radius 2 is 1.81 bits per heavy atom. The van der Waals surface area contributed by atoms with Gasteiger partial charge in [0, 0.05) is 24.7 Å². The fraction of sp³-hybridized carbons (Fsp3) is 0.333. The fourth-order valence-electron chi connectivity index (χ4n) is 4.29. The van der Waals surface area contributed by atoms with Crippen LogP contribution in [-0.4, -0.2) is 50.3 Å². The quantitative estimate of drug-likeness (QED) is 0.684. The Labute approximate surface area is 180 Å². The Morgan fingerprint density at radius 1 is 1.06 bits per heavy atom. The van der Waals surface area contributed by atoms with Gasteiger partial charge >= 0.3 is 0 Å². The van der Waals surface area contributed by atoms with Crippen LogP contribution in [0.4, 0.5) is 0 Å². The number of hydrogen-bond donors (Lipinski definition) is 1. The number of aromatic amines is 1. The van der Waals surface area contributed by atoms with E-state index in [1.165, 1.54) is 7.11 Å². The first-order valence-corrected chi connectivity index (χ1v) is 10.1. The number of pyridine rings is 1. The summed E-state index contributed by atoms with van der Waals surface area (Å²) in [6.45, 7) is 2.40. The number of hydrogen-bond acceptors (Lipinski definition) is 5. The maximum atomic E-state index is 13.2. The summed E-state index contributed by atoms with van der Waals surface area (Å²) < 4.78 is 16.1. The Hall–Kier alpha value is -3.32. The second-order valence-electron chi connectivity index (χ2n) is 7.72. The van der Waals surface area contributed by atoms with E-state index in [-0.39, 0.29) is 18.1 Å². The third kappa shape index (κ3) is 3.77. The number of rotatable bonds is 5. The molecule has 0 aliphatic carbocycles. The van der Waals surface area contributed by atoms with Gasteiger partial charge in [-0.15, -0.1) is 0 Å². The van der Waals surface area contributed by atoms with Crippen LogP contribution < -0.4 is 15.0 Å². The van der Waals surface area contributed by atoms with E-state index >= 15 is 0 Å². The zero-order valence-corrected chi connectivity index (χ0v) is 18.2. The lowest BCUT2D eigenvalue weighted by atomic mass is 9.87. The average molecular weight is 422 g/mol. The lowest BCUT2D eigenvalue weighted by Crippen LogP contribution is -2.44. The van der Waals surface area contributed by atoms with Gasteiger partial charge in [0.05, 0.1) is 20.3 Å². The number of H-pyrrole nitrogens is 1. The van der Waals surface area contributed by atoms with Crippen LogP contribution in [-0.2, 0) is 16.0 Å². The first kappa shape index (κ1) is 20.9. The van der Waals surface area contributed by atoms with E-state index in [9.17, 15) is 9.59 Å². The monoisotopic (exact) mass is 422 g/mol. The molecule has 1 aliphatic rings. The molecule has 0 saturated carbocycles. The molecular weight excluding hydrogens is 396 g/mol. The Kier molecular flexibility index (Phi) is 5.69. The summed E-state index contributed by atoms with van der Waals surface area (Å²) in [7, 11) is 4.65. The summed E-state index contributed by atoms with van der Waals surface area (Å²) in [4.78, 5) is 30.8. The van der Waals surface area contributed by atoms with Crippen molar-refractivity contribution in [3.8, 4) is 11.5 Å². The minimum atomic E-state index is -0.555. The predicted octanol–water partition coefficient (Wildman–Crippen LogP) is 2.97. The highest BCUT2D eigenvalue weighted by Gasteiger charge is 2.35. The highest BCUT2D eigenvalue weighted by Crippen LogP contribution is 2.40. The maximum Gasteiger partial charge on any atom is 0.254 e. The molecule has 2 aromatic carbocycles. The zero-order chi connectivity index (χ0) is 22.1. The highest BCUT2D eigenvalue weighted by molar-refractivity contribution is 5.82. The molecule has 0 unspecified atom stereocenters. The van der Waals surface area contributed by atoms with Gasteiger partial charge in [0.1, 0.15) is 6.61 Å². The minimum Gasteiger partial charge on any atom is -0.493 e. The van der Waals surface area contributed by atoms with Crippen LogP contribution in [0.5, 0.6) is 11.5 Å². The number of carbonyl (C=O) groups excluding carboxylic acids is 1. The van der Waals surface area contributed by atoms with Crippen LogP contribution in [0, 0.1) is 6.92 Å². The molecule has 4 rings (SSSR count). The molecule has 2 heterocycles. The topological polar surface area (TPSA) is 80.9 Å². The van der Waals surface area contributed by atoms with E-state index in [0.29, 0.717) is 30.0 Å². The molecular formula is C24H26N2O5. The van der Waals surface area contributed by atoms with Crippen LogP contribution >= 0.6 is 0 Å². The van der Waals surface area contributed by atoms with E-state index < -0.39 is 6.04 Å². The fourth-order valence-corrected chi connectivity index (χ4v) is 4.29. The largest absolute Gasteiger partial charge is 0.493 e. The van der Waals surface area contributed by atoms with Crippen LogP contribution in [0.2, 0.25) is 0 Å². The van der Waals surface area contributed by atoms with Crippen LogP contribution in [0.3, 0.4) is 0 Å². The van der Waals surface area contributed by atoms with E-state index in [2.05, 4.69) is 4.98 Å². The van der Waals surface area contributed by atoms with E-state index in [1.54, 1.807) is 19.1 Å². The molecule has 7 nitrogen and oxygen atoms in total. The third-order valence-corrected chi connectivity index (χ3v) is 5.79. The summed E-state index contributed by atoms with van der Waals surface area (Å²) >= 11 is 0. The van der Waals surface area contributed by atoms with Crippen molar-refractivity contribution in [2.45, 2.75) is 19.4 Å². The zero-order valence-electron chi connectivity index (χ0n) is 18.2. The van der Waals surface area contributed by atoms with Gasteiger partial charge < -0.3 is 24.1 Å². The summed E-state index contributed by atoms with van der Waals surface area (Å²) in [6, 6.07) is 11.0. The summed E-state index contributed by atoms with van der Waals surface area (Å²) in [5.74, 6) is 1.01. The molecule has 0 bridgehead atoms. The molecule has 0 spiro atoms. The van der Waals surface area contributed by atoms with Crippen LogP contribution in [0.25, 0.3) is 10.9 Å². The lowest BCUT2D eigenvalue weighted by molar-refractivity contribution is -0.137. The van der Waals surface area contributed by atoms with Crippen molar-refractivity contribution in [2.24, 2.45) is 0 Å². The van der Waals surface area contributed by atoms with E-state index in [0.717, 1.165) is 27.6 Å². The second kappa shape index (κ2) is 8.43. The number of methoxy groups -OCH3 is 3. The van der Waals surface area contributed by atoms with Gasteiger partial charge in [0.2, 0.25) is 5.91 Å². The molecule has 1 aliphatic heterocycles. The number of benzene rings is 2. The van der Waals surface area contributed by atoms with Crippen molar-refractivity contribution in [1.29, 1.82) is 0 Å². The summed E-state index contributed by atoms with van der Waals surface area (Å²) in [5, 5.41) is 0.909. The van der Waals surface area contributed by atoms with Crippen molar-refractivity contribution in [3.63, 3.8) is 0 Å². The average Bonchev–Trinajstić information content (AvgIpc) is 2.77. The van der Waals surface area contributed by atoms with Gasteiger partial charge in [-0.05, 0) is 59.7 Å². The highest BCUT2D eigenvalue weighted by atomic mass is 16.5. The SMILES string of the molecule is COCC(=O)N1CCc2cc(OC)c(OC)cc2[C@H]1c1cc2ccc(C)cc2[nH]c1=O. The van der Waals surface area contributed by atoms with Gasteiger partial charge in [-0.3, -0.25) is 9.59 Å². The van der Waals surface area contributed by atoms with Crippen molar-refractivity contribution in [2.75, 3.05) is 34.5 Å². The molecule has 7 heteroatoms. The van der Waals surface area contributed by atoms with Gasteiger partial charge in [-0.25, -0.2) is 0 Å². The molecule has 0 radical (unpaired) electrons. The third-order valence-electron chi connectivity index (χ3n) is 5.79. The molecule has 1 atom stereocenters. The van der Waals surface area contributed by atoms with Crippen LogP contribution in [0.15, 0.2) is 41.2 Å². The van der Waals surface area contributed by atoms with Gasteiger partial charge in [0.25, 0.3) is 5.56 Å². The summed E-state index contributed by atoms with van der Waals surface area (Å²) in [6.07, 6.45) is 0.645. The van der Waals surface area contributed by atoms with E-state index in [1.807, 2.05) is 43.3 Å². The predicted molar refractivity (Wildman–Crippen MR) is 118 cm³/mol. The molecule has 1 N–H and O–H groups in total. The number of aromatic nitrogens is 1. The molecule has 0 fully saturated rings. The van der Waals surface area contributed by atoms with E-state index in [4.69, 9.17) is 14.2 Å². The molecule has 31 heavy (non-hydrogen) atoms. The Bertz CT molecular complexity index is 1200. The first-order chi connectivity index (χ1) is 15.0. The normalized spacial score (nSPS) is 15.6. The Balaban J connectivity index is 1.94. The van der Waals surface area contributed by atoms with Crippen molar-refractivity contribution in [3.05, 3.63) is 69.0 Å². The number of amides is 1.